The molecule has 0 unspecified atom stereocenters. The fourth-order valence-electron chi connectivity index (χ4n) is 7.55. The maximum atomic E-state index is 13.2. The summed E-state index contributed by atoms with van der Waals surface area (Å²) in [6.45, 7) is 0.0367. The van der Waals surface area contributed by atoms with Gasteiger partial charge in [0.25, 0.3) is 5.91 Å². The van der Waals surface area contributed by atoms with Gasteiger partial charge in [0.2, 0.25) is 0 Å². The summed E-state index contributed by atoms with van der Waals surface area (Å²) in [7, 11) is 1.35. The van der Waals surface area contributed by atoms with E-state index in [0.717, 1.165) is 48.1 Å². The summed E-state index contributed by atoms with van der Waals surface area (Å²) in [4.78, 5) is 37.5. The quantitative estimate of drug-likeness (QED) is 0.312. The zero-order chi connectivity index (χ0) is 28.4. The lowest BCUT2D eigenvalue weighted by Gasteiger charge is -2.57. The van der Waals surface area contributed by atoms with Crippen molar-refractivity contribution in [2.24, 2.45) is 17.8 Å². The Balaban J connectivity index is 1.17. The molecule has 3 aromatic carbocycles. The minimum Gasteiger partial charge on any atom is -0.482 e. The number of nitrogens with one attached hydrogen (secondary N) is 1. The first-order valence-corrected chi connectivity index (χ1v) is 14.4. The fourth-order valence-corrected chi connectivity index (χ4v) is 7.55. The van der Waals surface area contributed by atoms with E-state index in [0.29, 0.717) is 22.6 Å². The predicted octanol–water partition coefficient (Wildman–Crippen LogP) is 6.32. The molecule has 4 fully saturated rings. The molecule has 0 spiro atoms. The second kappa shape index (κ2) is 11.4. The molecular weight excluding hydrogens is 518 g/mol. The minimum absolute atomic E-state index is 0.00268. The van der Waals surface area contributed by atoms with Gasteiger partial charge < -0.3 is 19.5 Å². The third kappa shape index (κ3) is 5.85. The van der Waals surface area contributed by atoms with E-state index >= 15 is 0 Å². The van der Waals surface area contributed by atoms with Gasteiger partial charge in [-0.25, -0.2) is 9.59 Å². The maximum Gasteiger partial charge on any atom is 0.343 e. The molecule has 0 atom stereocenters. The van der Waals surface area contributed by atoms with Gasteiger partial charge in [-0.1, -0.05) is 30.3 Å². The van der Waals surface area contributed by atoms with Crippen LogP contribution in [0.25, 0.3) is 0 Å². The van der Waals surface area contributed by atoms with Gasteiger partial charge in [-0.2, -0.15) is 0 Å². The molecule has 4 aliphatic carbocycles. The second-order valence-electron chi connectivity index (χ2n) is 11.9. The van der Waals surface area contributed by atoms with E-state index in [4.69, 9.17) is 14.2 Å². The molecule has 4 aliphatic rings. The van der Waals surface area contributed by atoms with E-state index in [2.05, 4.69) is 5.32 Å². The lowest BCUT2D eigenvalue weighted by atomic mass is 9.48. The van der Waals surface area contributed by atoms with Gasteiger partial charge in [0.1, 0.15) is 12.4 Å². The van der Waals surface area contributed by atoms with Crippen LogP contribution in [0.2, 0.25) is 0 Å². The van der Waals surface area contributed by atoms with Gasteiger partial charge in [0.05, 0.1) is 12.7 Å². The Kier molecular flexibility index (Phi) is 7.52. The topological polar surface area (TPSA) is 90.9 Å². The van der Waals surface area contributed by atoms with Crippen molar-refractivity contribution >= 4 is 23.5 Å². The molecular formula is C34H35NO6. The van der Waals surface area contributed by atoms with Crippen LogP contribution in [0.4, 0.5) is 5.69 Å². The molecule has 7 nitrogen and oxygen atoms in total. The molecule has 212 valence electrons. The van der Waals surface area contributed by atoms with Crippen molar-refractivity contribution in [1.82, 2.24) is 0 Å². The van der Waals surface area contributed by atoms with Crippen molar-refractivity contribution in [2.45, 2.75) is 50.5 Å². The van der Waals surface area contributed by atoms with Gasteiger partial charge in [0, 0.05) is 16.8 Å². The highest BCUT2D eigenvalue weighted by Gasteiger charge is 2.52. The molecule has 1 amide bonds. The number of carbonyl (C=O) groups excluding carboxylic acids is 3. The van der Waals surface area contributed by atoms with Gasteiger partial charge in [-0.05, 0) is 110 Å². The van der Waals surface area contributed by atoms with E-state index in [1.807, 2.05) is 48.5 Å². The first-order valence-electron chi connectivity index (χ1n) is 14.4. The highest BCUT2D eigenvalue weighted by molar-refractivity contribution is 6.05. The molecule has 4 saturated carbocycles. The highest BCUT2D eigenvalue weighted by Crippen LogP contribution is 2.62. The Labute approximate surface area is 240 Å². The van der Waals surface area contributed by atoms with Crippen molar-refractivity contribution in [2.75, 3.05) is 19.0 Å². The average Bonchev–Trinajstić information content (AvgIpc) is 2.99. The number of esters is 2. The Morgan fingerprint density at radius 1 is 0.829 bits per heavy atom. The Morgan fingerprint density at radius 3 is 2.10 bits per heavy atom. The molecule has 0 radical (unpaired) electrons. The number of carbonyl (C=O) groups is 3. The smallest absolute Gasteiger partial charge is 0.343 e. The minimum atomic E-state index is -0.441. The van der Waals surface area contributed by atoms with Crippen molar-refractivity contribution < 1.29 is 28.6 Å². The maximum absolute atomic E-state index is 13.2. The van der Waals surface area contributed by atoms with Crippen molar-refractivity contribution in [3.63, 3.8) is 0 Å². The molecule has 3 aromatic rings. The molecule has 0 heterocycles. The standard InChI is InChI=1S/C34H35NO6/c1-39-31(36)21-40-30-12-11-28(16-29(30)34-17-23-13-24(18-34)15-25(14-23)19-34)35-32(37)26-7-9-27(10-8-26)33(38)41-20-22-5-3-2-4-6-22/h2-12,16,23-25H,13-15,17-21H2,1H3,(H,35,37). The van der Waals surface area contributed by atoms with Crippen LogP contribution in [-0.4, -0.2) is 31.6 Å². The zero-order valence-corrected chi connectivity index (χ0v) is 23.3. The molecule has 1 N–H and O–H groups in total. The van der Waals surface area contributed by atoms with E-state index in [-0.39, 0.29) is 24.5 Å². The number of ether oxygens (including phenoxy) is 3. The first-order chi connectivity index (χ1) is 19.9. The van der Waals surface area contributed by atoms with Crippen LogP contribution in [0.5, 0.6) is 5.75 Å². The van der Waals surface area contributed by atoms with Crippen LogP contribution in [0.3, 0.4) is 0 Å². The van der Waals surface area contributed by atoms with Crippen LogP contribution >= 0.6 is 0 Å². The average molecular weight is 554 g/mol. The highest BCUT2D eigenvalue weighted by atomic mass is 16.6. The number of amides is 1. The van der Waals surface area contributed by atoms with Crippen LogP contribution in [0.1, 0.15) is 70.4 Å². The van der Waals surface area contributed by atoms with Gasteiger partial charge in [-0.3, -0.25) is 4.79 Å². The van der Waals surface area contributed by atoms with Gasteiger partial charge in [-0.15, -0.1) is 0 Å². The van der Waals surface area contributed by atoms with Crippen LogP contribution < -0.4 is 10.1 Å². The van der Waals surface area contributed by atoms with Crippen LogP contribution in [0, 0.1) is 17.8 Å². The molecule has 0 aromatic heterocycles. The summed E-state index contributed by atoms with van der Waals surface area (Å²) in [6, 6.07) is 21.7. The fraction of sp³-hybridized carbons (Fsp3) is 0.382. The van der Waals surface area contributed by atoms with Crippen LogP contribution in [0.15, 0.2) is 72.8 Å². The summed E-state index contributed by atoms with van der Waals surface area (Å²) in [6.07, 6.45) is 7.28. The monoisotopic (exact) mass is 553 g/mol. The van der Waals surface area contributed by atoms with Gasteiger partial charge in [0.15, 0.2) is 6.61 Å². The molecule has 0 aliphatic heterocycles. The predicted molar refractivity (Wildman–Crippen MR) is 154 cm³/mol. The van der Waals surface area contributed by atoms with E-state index in [1.165, 1.54) is 26.4 Å². The van der Waals surface area contributed by atoms with E-state index < -0.39 is 11.9 Å². The van der Waals surface area contributed by atoms with Gasteiger partial charge >= 0.3 is 11.9 Å². The number of anilines is 1. The van der Waals surface area contributed by atoms with E-state index in [9.17, 15) is 14.4 Å². The summed E-state index contributed by atoms with van der Waals surface area (Å²) >= 11 is 0. The summed E-state index contributed by atoms with van der Waals surface area (Å²) in [5.74, 6) is 1.74. The third-order valence-electron chi connectivity index (χ3n) is 9.02. The molecule has 41 heavy (non-hydrogen) atoms. The first kappa shape index (κ1) is 27.1. The number of benzene rings is 3. The third-order valence-corrected chi connectivity index (χ3v) is 9.02. The zero-order valence-electron chi connectivity index (χ0n) is 23.3. The van der Waals surface area contributed by atoms with Crippen molar-refractivity contribution in [3.05, 3.63) is 95.1 Å². The second-order valence-corrected chi connectivity index (χ2v) is 11.9. The number of rotatable bonds is 9. The van der Waals surface area contributed by atoms with Crippen molar-refractivity contribution in [1.29, 1.82) is 0 Å². The molecule has 0 saturated heterocycles. The number of hydrogen-bond acceptors (Lipinski definition) is 6. The lowest BCUT2D eigenvalue weighted by Crippen LogP contribution is -2.48. The summed E-state index contributed by atoms with van der Waals surface area (Å²) < 4.78 is 16.2. The Bertz CT molecular complexity index is 1400. The summed E-state index contributed by atoms with van der Waals surface area (Å²) in [5, 5.41) is 3.03. The largest absolute Gasteiger partial charge is 0.482 e. The summed E-state index contributed by atoms with van der Waals surface area (Å²) in [5.41, 5.74) is 3.49. The van der Waals surface area contributed by atoms with Crippen LogP contribution in [-0.2, 0) is 26.3 Å². The number of methoxy groups -OCH3 is 1. The molecule has 7 heteroatoms. The Hall–Kier alpha value is -4.13. The molecule has 7 rings (SSSR count). The molecule has 4 bridgehead atoms. The van der Waals surface area contributed by atoms with E-state index in [1.54, 1.807) is 24.3 Å². The lowest BCUT2D eigenvalue weighted by molar-refractivity contribution is -0.143. The Morgan fingerprint density at radius 2 is 1.46 bits per heavy atom. The normalized spacial score (nSPS) is 24.0. The van der Waals surface area contributed by atoms with Crippen molar-refractivity contribution in [3.8, 4) is 5.75 Å². The number of hydrogen-bond donors (Lipinski definition) is 1. The SMILES string of the molecule is COC(=O)COc1ccc(NC(=O)c2ccc(C(=O)OCc3ccccc3)cc2)cc1C12CC3CC(CC(C3)C1)C2.